The Bertz CT molecular complexity index is 492. The van der Waals surface area contributed by atoms with Crippen molar-refractivity contribution in [2.75, 3.05) is 6.54 Å². The normalized spacial score (nSPS) is 19.8. The third kappa shape index (κ3) is 3.69. The van der Waals surface area contributed by atoms with Crippen molar-refractivity contribution in [2.45, 2.75) is 31.6 Å². The molecule has 110 valence electrons. The highest BCUT2D eigenvalue weighted by Crippen LogP contribution is 2.31. The zero-order valence-corrected chi connectivity index (χ0v) is 10.6. The van der Waals surface area contributed by atoms with E-state index < -0.39 is 17.6 Å². The molecule has 2 N–H and O–H groups in total. The Morgan fingerprint density at radius 3 is 2.70 bits per heavy atom. The maximum atomic E-state index is 13.1. The molecule has 1 aliphatic rings. The highest BCUT2D eigenvalue weighted by molar-refractivity contribution is 5.76. The molecule has 0 bridgehead atoms. The second kappa shape index (κ2) is 5.78. The first kappa shape index (κ1) is 14.8. The fourth-order valence-corrected chi connectivity index (χ4v) is 2.07. The number of carbonyl (C=O) groups is 1. The zero-order valence-electron chi connectivity index (χ0n) is 10.6. The zero-order chi connectivity index (χ0) is 14.8. The predicted octanol–water partition coefficient (Wildman–Crippen LogP) is 2.21. The van der Waals surface area contributed by atoms with E-state index in [0.717, 1.165) is 12.1 Å². The van der Waals surface area contributed by atoms with Crippen molar-refractivity contribution >= 4 is 5.91 Å². The number of benzene rings is 1. The predicted molar refractivity (Wildman–Crippen MR) is 64.3 cm³/mol. The molecule has 3 nitrogen and oxygen atoms in total. The summed E-state index contributed by atoms with van der Waals surface area (Å²) in [6.45, 7) is 0.649. The minimum Gasteiger partial charge on any atom is -0.355 e. The number of nitrogens with one attached hydrogen (secondary N) is 2. The van der Waals surface area contributed by atoms with Gasteiger partial charge in [-0.1, -0.05) is 6.07 Å². The molecular formula is C13H14F4N2O. The summed E-state index contributed by atoms with van der Waals surface area (Å²) in [6, 6.07) is 2.97. The molecule has 1 unspecified atom stereocenters. The molecule has 1 aliphatic heterocycles. The van der Waals surface area contributed by atoms with Gasteiger partial charge in [-0.2, -0.15) is 13.2 Å². The third-order valence-electron chi connectivity index (χ3n) is 3.20. The lowest BCUT2D eigenvalue weighted by atomic mass is 10.1. The van der Waals surface area contributed by atoms with E-state index in [1.807, 2.05) is 0 Å². The fraction of sp³-hybridized carbons (Fsp3) is 0.462. The number of rotatable bonds is 3. The van der Waals surface area contributed by atoms with Crippen LogP contribution in [0.5, 0.6) is 0 Å². The topological polar surface area (TPSA) is 41.1 Å². The van der Waals surface area contributed by atoms with E-state index in [-0.39, 0.29) is 18.5 Å². The first-order valence-electron chi connectivity index (χ1n) is 6.22. The molecule has 1 saturated heterocycles. The van der Waals surface area contributed by atoms with Gasteiger partial charge >= 0.3 is 6.18 Å². The summed E-state index contributed by atoms with van der Waals surface area (Å²) in [5.41, 5.74) is -0.899. The Morgan fingerprint density at radius 2 is 2.10 bits per heavy atom. The van der Waals surface area contributed by atoms with Crippen LogP contribution in [0, 0.1) is 5.82 Å². The number of alkyl halides is 3. The van der Waals surface area contributed by atoms with Crippen LogP contribution in [-0.4, -0.2) is 18.5 Å². The first-order valence-corrected chi connectivity index (χ1v) is 6.22. The van der Waals surface area contributed by atoms with E-state index >= 15 is 0 Å². The summed E-state index contributed by atoms with van der Waals surface area (Å²) in [5, 5.41) is 5.72. The molecule has 0 saturated carbocycles. The van der Waals surface area contributed by atoms with E-state index in [9.17, 15) is 22.4 Å². The van der Waals surface area contributed by atoms with Gasteiger partial charge in [0.1, 0.15) is 5.82 Å². The van der Waals surface area contributed by atoms with E-state index in [1.54, 1.807) is 0 Å². The molecule has 2 rings (SSSR count). The number of hydrogen-bond donors (Lipinski definition) is 2. The molecule has 0 aromatic heterocycles. The molecule has 1 aromatic rings. The van der Waals surface area contributed by atoms with Crippen LogP contribution in [-0.2, 0) is 17.5 Å². The van der Waals surface area contributed by atoms with E-state index in [1.165, 1.54) is 6.07 Å². The highest BCUT2D eigenvalue weighted by atomic mass is 19.4. The Morgan fingerprint density at radius 1 is 1.35 bits per heavy atom. The van der Waals surface area contributed by atoms with Crippen molar-refractivity contribution in [3.05, 3.63) is 35.1 Å². The van der Waals surface area contributed by atoms with Gasteiger partial charge < -0.3 is 10.6 Å². The Labute approximate surface area is 113 Å². The fourth-order valence-electron chi connectivity index (χ4n) is 2.07. The summed E-state index contributed by atoms with van der Waals surface area (Å²) in [4.78, 5) is 11.0. The summed E-state index contributed by atoms with van der Waals surface area (Å²) < 4.78 is 50.8. The maximum Gasteiger partial charge on any atom is 0.419 e. The molecule has 20 heavy (non-hydrogen) atoms. The Kier molecular flexibility index (Phi) is 4.27. The van der Waals surface area contributed by atoms with Crippen molar-refractivity contribution in [1.82, 2.24) is 10.6 Å². The van der Waals surface area contributed by atoms with Crippen LogP contribution in [0.25, 0.3) is 0 Å². The average Bonchev–Trinajstić information content (AvgIpc) is 2.38. The first-order chi connectivity index (χ1) is 9.36. The number of carbonyl (C=O) groups excluding carboxylic acids is 1. The minimum atomic E-state index is -4.70. The number of hydrogen-bond acceptors (Lipinski definition) is 2. The van der Waals surface area contributed by atoms with Gasteiger partial charge in [0.2, 0.25) is 5.91 Å². The van der Waals surface area contributed by atoms with E-state index in [0.29, 0.717) is 24.9 Å². The molecule has 1 amide bonds. The second-order valence-electron chi connectivity index (χ2n) is 4.73. The van der Waals surface area contributed by atoms with Crippen LogP contribution in [0.2, 0.25) is 0 Å². The van der Waals surface area contributed by atoms with Crippen molar-refractivity contribution < 1.29 is 22.4 Å². The lowest BCUT2D eigenvalue weighted by Crippen LogP contribution is -2.45. The van der Waals surface area contributed by atoms with Crippen molar-refractivity contribution in [3.8, 4) is 0 Å². The molecule has 1 atom stereocenters. The van der Waals surface area contributed by atoms with Crippen molar-refractivity contribution in [1.29, 1.82) is 0 Å². The molecular weight excluding hydrogens is 276 g/mol. The molecule has 0 aliphatic carbocycles. The van der Waals surface area contributed by atoms with Gasteiger partial charge in [-0.3, -0.25) is 4.79 Å². The largest absolute Gasteiger partial charge is 0.419 e. The lowest BCUT2D eigenvalue weighted by molar-refractivity contribution is -0.140. The highest BCUT2D eigenvalue weighted by Gasteiger charge is 2.34. The van der Waals surface area contributed by atoms with Crippen LogP contribution >= 0.6 is 0 Å². The molecule has 0 spiro atoms. The van der Waals surface area contributed by atoms with Gasteiger partial charge in [0.05, 0.1) is 5.56 Å². The minimum absolute atomic E-state index is 0.0205. The van der Waals surface area contributed by atoms with Crippen LogP contribution in [0.4, 0.5) is 17.6 Å². The van der Waals surface area contributed by atoms with E-state index in [2.05, 4.69) is 10.6 Å². The van der Waals surface area contributed by atoms with Gasteiger partial charge in [0, 0.05) is 25.6 Å². The second-order valence-corrected chi connectivity index (χ2v) is 4.73. The van der Waals surface area contributed by atoms with Crippen molar-refractivity contribution in [2.24, 2.45) is 0 Å². The van der Waals surface area contributed by atoms with Crippen LogP contribution in [0.3, 0.4) is 0 Å². The van der Waals surface area contributed by atoms with Crippen LogP contribution in [0.1, 0.15) is 24.0 Å². The summed E-state index contributed by atoms with van der Waals surface area (Å²) in [6.07, 6.45) is -3.66. The SMILES string of the molecule is O=C1CCC(NCc2ccc(F)c(C(F)(F)F)c2)CN1. The standard InChI is InChI=1S/C13H14F4N2O/c14-11-3-1-8(5-10(11)13(15,16)17)6-18-9-2-4-12(20)19-7-9/h1,3,5,9,18H,2,4,6-7H2,(H,19,20). The van der Waals surface area contributed by atoms with Gasteiger partial charge in [0.25, 0.3) is 0 Å². The molecule has 0 radical (unpaired) electrons. The van der Waals surface area contributed by atoms with Crippen LogP contribution < -0.4 is 10.6 Å². The number of piperidine rings is 1. The number of amides is 1. The summed E-state index contributed by atoms with van der Waals surface area (Å²) in [5.74, 6) is -1.30. The molecule has 1 heterocycles. The smallest absolute Gasteiger partial charge is 0.355 e. The summed E-state index contributed by atoms with van der Waals surface area (Å²) >= 11 is 0. The molecule has 1 fully saturated rings. The average molecular weight is 290 g/mol. The van der Waals surface area contributed by atoms with Gasteiger partial charge in [-0.15, -0.1) is 0 Å². The van der Waals surface area contributed by atoms with E-state index in [4.69, 9.17) is 0 Å². The lowest BCUT2D eigenvalue weighted by Gasteiger charge is -2.23. The quantitative estimate of drug-likeness (QED) is 0.838. The third-order valence-corrected chi connectivity index (χ3v) is 3.20. The van der Waals surface area contributed by atoms with Crippen LogP contribution in [0.15, 0.2) is 18.2 Å². The van der Waals surface area contributed by atoms with Crippen molar-refractivity contribution in [3.63, 3.8) is 0 Å². The summed E-state index contributed by atoms with van der Waals surface area (Å²) in [7, 11) is 0. The number of halogens is 4. The van der Waals surface area contributed by atoms with Gasteiger partial charge in [0.15, 0.2) is 0 Å². The van der Waals surface area contributed by atoms with Gasteiger partial charge in [-0.05, 0) is 24.1 Å². The maximum absolute atomic E-state index is 13.1. The molecule has 7 heteroatoms. The Balaban J connectivity index is 1.98. The molecule has 1 aromatic carbocycles. The monoisotopic (exact) mass is 290 g/mol. The Hall–Kier alpha value is -1.63. The van der Waals surface area contributed by atoms with Gasteiger partial charge in [-0.25, -0.2) is 4.39 Å².